The molecule has 5 aromatic carbocycles. The minimum absolute atomic E-state index is 0.116. The molecule has 0 aromatic heterocycles. The van der Waals surface area contributed by atoms with Gasteiger partial charge in [0, 0.05) is 19.6 Å². The van der Waals surface area contributed by atoms with Crippen LogP contribution in [0.5, 0.6) is 0 Å². The fourth-order valence-electron chi connectivity index (χ4n) is 10.4. The first-order chi connectivity index (χ1) is 31.1. The quantitative estimate of drug-likeness (QED) is 0.0458. The fourth-order valence-corrected chi connectivity index (χ4v) is 10.4. The molecule has 0 amide bonds. The summed E-state index contributed by atoms with van der Waals surface area (Å²) in [5.41, 5.74) is 10.8. The molecule has 0 aliphatic carbocycles. The predicted octanol–water partition coefficient (Wildman–Crippen LogP) is 7.78. The molecular formula is C54H62N4O6. The first kappa shape index (κ1) is 44.9. The van der Waals surface area contributed by atoms with Crippen LogP contribution < -0.4 is 16.0 Å². The maximum Gasteiger partial charge on any atom is 0.307 e. The van der Waals surface area contributed by atoms with Crippen molar-refractivity contribution in [1.29, 1.82) is 0 Å². The molecule has 334 valence electrons. The molecule has 0 radical (unpaired) electrons. The van der Waals surface area contributed by atoms with E-state index in [0.717, 1.165) is 114 Å². The van der Waals surface area contributed by atoms with Crippen molar-refractivity contribution in [3.05, 3.63) is 155 Å². The maximum absolute atomic E-state index is 12.4. The Morgan fingerprint density at radius 2 is 0.719 bits per heavy atom. The first-order valence-corrected chi connectivity index (χ1v) is 23.1. The van der Waals surface area contributed by atoms with Crippen molar-refractivity contribution in [2.75, 3.05) is 39.3 Å². The van der Waals surface area contributed by atoms with E-state index >= 15 is 0 Å². The topological polar surface area (TPSA) is 151 Å². The van der Waals surface area contributed by atoms with Crippen LogP contribution in [0.2, 0.25) is 0 Å². The SMILES string of the molecule is O=C(O)[C@@H](Cc1cccc(CN(Cc2cccc(-c3cccc(C[C@H](C(=O)O)[C@H]4CCNC4)c3)c2)Cc2cccc(-c3cccc(C[C@H](C(=O)O)[C@H]4CCNC4)c3)c2)c1)[C@H]1CCNC1. The van der Waals surface area contributed by atoms with Crippen LogP contribution in [-0.2, 0) is 53.3 Å². The van der Waals surface area contributed by atoms with E-state index in [-0.39, 0.29) is 17.8 Å². The Balaban J connectivity index is 1.04. The van der Waals surface area contributed by atoms with Crippen LogP contribution in [0.15, 0.2) is 121 Å². The summed E-state index contributed by atoms with van der Waals surface area (Å²) in [5.74, 6) is -3.13. The highest BCUT2D eigenvalue weighted by molar-refractivity contribution is 5.73. The molecule has 0 saturated carbocycles. The van der Waals surface area contributed by atoms with Crippen LogP contribution in [0.4, 0.5) is 0 Å². The smallest absolute Gasteiger partial charge is 0.307 e. The van der Waals surface area contributed by atoms with E-state index < -0.39 is 35.7 Å². The number of hydrogen-bond donors (Lipinski definition) is 6. The van der Waals surface area contributed by atoms with Gasteiger partial charge in [-0.1, -0.05) is 109 Å². The summed E-state index contributed by atoms with van der Waals surface area (Å²) in [4.78, 5) is 39.5. The van der Waals surface area contributed by atoms with Gasteiger partial charge in [0.05, 0.1) is 17.8 Å². The Morgan fingerprint density at radius 3 is 1.03 bits per heavy atom. The van der Waals surface area contributed by atoms with Crippen molar-refractivity contribution in [3.8, 4) is 22.3 Å². The number of carbonyl (C=O) groups is 3. The zero-order chi connectivity index (χ0) is 44.4. The molecule has 6 atom stereocenters. The van der Waals surface area contributed by atoms with E-state index in [1.54, 1.807) is 0 Å². The van der Waals surface area contributed by atoms with Crippen LogP contribution in [0.1, 0.15) is 52.6 Å². The van der Waals surface area contributed by atoms with Gasteiger partial charge in [-0.25, -0.2) is 0 Å². The number of carboxylic acid groups (broad SMARTS) is 3. The lowest BCUT2D eigenvalue weighted by molar-refractivity contribution is -0.144. The second kappa shape index (κ2) is 21.4. The maximum atomic E-state index is 12.4. The standard InChI is InChI=1S/C54H62N4O6/c59-52(60)49(46-16-19-55-30-46)27-36-6-1-9-39(22-36)33-58(34-40-10-4-14-44(25-40)42-12-2-7-37(23-42)28-50(53(61)62)47-17-20-56-31-47)35-41-11-5-15-45(26-41)43-13-3-8-38(24-43)29-51(54(63)64)48-18-21-57-32-48/h1-15,22-26,46-51,55-57H,16-21,27-35H2,(H,59,60)(H,61,62)(H,63,64)/t46-,47-,48-,49-,50-,51-/m0/s1. The van der Waals surface area contributed by atoms with E-state index in [2.05, 4.69) is 106 Å². The summed E-state index contributed by atoms with van der Waals surface area (Å²) in [6.45, 7) is 6.77. The zero-order valence-corrected chi connectivity index (χ0v) is 36.6. The van der Waals surface area contributed by atoms with E-state index in [1.807, 2.05) is 36.4 Å². The van der Waals surface area contributed by atoms with Crippen molar-refractivity contribution in [2.45, 2.75) is 58.2 Å². The lowest BCUT2D eigenvalue weighted by Crippen LogP contribution is -2.27. The molecule has 3 aliphatic rings. The van der Waals surface area contributed by atoms with Crippen molar-refractivity contribution in [2.24, 2.45) is 35.5 Å². The Bertz CT molecular complexity index is 2260. The molecule has 64 heavy (non-hydrogen) atoms. The molecule has 6 N–H and O–H groups in total. The van der Waals surface area contributed by atoms with Crippen molar-refractivity contribution in [1.82, 2.24) is 20.9 Å². The van der Waals surface area contributed by atoms with Gasteiger partial charge in [0.25, 0.3) is 0 Å². The van der Waals surface area contributed by atoms with Gasteiger partial charge >= 0.3 is 17.9 Å². The second-order valence-corrected chi connectivity index (χ2v) is 18.5. The first-order valence-electron chi connectivity index (χ1n) is 23.1. The molecule has 0 bridgehead atoms. The zero-order valence-electron chi connectivity index (χ0n) is 36.6. The lowest BCUT2D eigenvalue weighted by Gasteiger charge is -2.24. The molecule has 10 heteroatoms. The Hall–Kier alpha value is -5.65. The Morgan fingerprint density at radius 1 is 0.438 bits per heavy atom. The molecule has 8 rings (SSSR count). The number of nitrogens with zero attached hydrogens (tertiary/aromatic N) is 1. The summed E-state index contributed by atoms with van der Waals surface area (Å²) in [6, 6.07) is 42.2. The van der Waals surface area contributed by atoms with E-state index in [4.69, 9.17) is 0 Å². The molecular weight excluding hydrogens is 801 g/mol. The van der Waals surface area contributed by atoms with Gasteiger partial charge in [-0.05, 0) is 163 Å². The average molecular weight is 863 g/mol. The normalized spacial score (nSPS) is 20.0. The fraction of sp³-hybridized carbons (Fsp3) is 0.389. The third kappa shape index (κ3) is 11.7. The largest absolute Gasteiger partial charge is 0.481 e. The van der Waals surface area contributed by atoms with Crippen molar-refractivity contribution < 1.29 is 29.7 Å². The van der Waals surface area contributed by atoms with Crippen LogP contribution in [0.3, 0.4) is 0 Å². The summed E-state index contributed by atoms with van der Waals surface area (Å²) in [5, 5.41) is 40.4. The van der Waals surface area contributed by atoms with Crippen LogP contribution in [0.25, 0.3) is 22.3 Å². The van der Waals surface area contributed by atoms with Crippen molar-refractivity contribution >= 4 is 17.9 Å². The molecule has 5 aromatic rings. The third-order valence-corrected chi connectivity index (χ3v) is 13.9. The second-order valence-electron chi connectivity index (χ2n) is 18.5. The number of aliphatic carboxylic acids is 3. The average Bonchev–Trinajstić information content (AvgIpc) is 4.13. The van der Waals surface area contributed by atoms with Gasteiger partial charge < -0.3 is 31.3 Å². The minimum atomic E-state index is -0.739. The van der Waals surface area contributed by atoms with Gasteiger partial charge in [-0.15, -0.1) is 0 Å². The van der Waals surface area contributed by atoms with Gasteiger partial charge in [0.15, 0.2) is 0 Å². The summed E-state index contributed by atoms with van der Waals surface area (Å²) in [7, 11) is 0. The molecule has 0 unspecified atom stereocenters. The number of benzene rings is 5. The summed E-state index contributed by atoms with van der Waals surface area (Å²) < 4.78 is 0. The highest BCUT2D eigenvalue weighted by atomic mass is 16.4. The lowest BCUT2D eigenvalue weighted by atomic mass is 9.85. The third-order valence-electron chi connectivity index (χ3n) is 13.9. The van der Waals surface area contributed by atoms with Crippen LogP contribution in [0, 0.1) is 35.5 Å². The van der Waals surface area contributed by atoms with Gasteiger partial charge in [0.1, 0.15) is 0 Å². The molecule has 3 aliphatic heterocycles. The highest BCUT2D eigenvalue weighted by Crippen LogP contribution is 2.31. The van der Waals surface area contributed by atoms with Gasteiger partial charge in [0.2, 0.25) is 0 Å². The molecule has 3 fully saturated rings. The molecule has 3 saturated heterocycles. The van der Waals surface area contributed by atoms with Gasteiger partial charge in [-0.2, -0.15) is 0 Å². The van der Waals surface area contributed by atoms with E-state index in [1.165, 1.54) is 0 Å². The summed E-state index contributed by atoms with van der Waals surface area (Å²) >= 11 is 0. The summed E-state index contributed by atoms with van der Waals surface area (Å²) in [6.07, 6.45) is 4.12. The monoisotopic (exact) mass is 862 g/mol. The molecule has 0 spiro atoms. The predicted molar refractivity (Wildman–Crippen MR) is 251 cm³/mol. The number of hydrogen-bond acceptors (Lipinski definition) is 7. The van der Waals surface area contributed by atoms with Crippen molar-refractivity contribution in [3.63, 3.8) is 0 Å². The highest BCUT2D eigenvalue weighted by Gasteiger charge is 2.33. The Labute approximate surface area is 377 Å². The Kier molecular flexibility index (Phi) is 15.0. The van der Waals surface area contributed by atoms with Crippen LogP contribution in [-0.4, -0.2) is 77.4 Å². The van der Waals surface area contributed by atoms with Gasteiger partial charge in [-0.3, -0.25) is 19.3 Å². The molecule has 3 heterocycles. The number of nitrogens with one attached hydrogen (secondary N) is 3. The van der Waals surface area contributed by atoms with E-state index in [9.17, 15) is 29.7 Å². The minimum Gasteiger partial charge on any atom is -0.481 e. The van der Waals surface area contributed by atoms with Crippen LogP contribution >= 0.6 is 0 Å². The number of carboxylic acids is 3. The molecule has 10 nitrogen and oxygen atoms in total. The number of rotatable bonds is 20. The van der Waals surface area contributed by atoms with E-state index in [0.29, 0.717) is 38.9 Å².